The Morgan fingerprint density at radius 2 is 1.39 bits per heavy atom. The first-order valence-corrected chi connectivity index (χ1v) is 11.0. The van der Waals surface area contributed by atoms with Gasteiger partial charge in [-0.1, -0.05) is 47.5 Å². The maximum Gasteiger partial charge on any atom is 0.211 e. The summed E-state index contributed by atoms with van der Waals surface area (Å²) in [6.45, 7) is 3.93. The molecule has 0 spiro atoms. The van der Waals surface area contributed by atoms with Gasteiger partial charge in [0.05, 0.1) is 15.8 Å². The molecule has 0 atom stereocenters. The number of pyridine rings is 1. The second-order valence-corrected chi connectivity index (χ2v) is 9.45. The lowest BCUT2D eigenvalue weighted by molar-refractivity contribution is 0.510. The molecule has 158 valence electrons. The Morgan fingerprint density at radius 1 is 0.839 bits per heavy atom. The molecule has 1 heterocycles. The summed E-state index contributed by atoms with van der Waals surface area (Å²) in [7, 11) is -4.17. The first-order chi connectivity index (χ1) is 14.7. The predicted octanol–water partition coefficient (Wildman–Crippen LogP) is 4.78. The molecule has 7 heteroatoms. The highest BCUT2D eigenvalue weighted by Gasteiger charge is 2.24. The van der Waals surface area contributed by atoms with Crippen molar-refractivity contribution in [3.05, 3.63) is 105 Å². The van der Waals surface area contributed by atoms with E-state index in [0.29, 0.717) is 0 Å². The molecule has 0 amide bonds. The standard InChI is InChI=1S/C24H19F2NO3S/c1-15-3-7-17(8-4-15)13-27-14-23(31(29,30)18-9-5-16(2)6-10-18)24(28)19-11-20(25)21(26)12-22(19)27/h3-12,14H,13H2,1-2H3. The van der Waals surface area contributed by atoms with E-state index in [0.717, 1.165) is 28.8 Å². The molecule has 4 nitrogen and oxygen atoms in total. The smallest absolute Gasteiger partial charge is 0.211 e. The quantitative estimate of drug-likeness (QED) is 0.460. The third-order valence-corrected chi connectivity index (χ3v) is 6.95. The van der Waals surface area contributed by atoms with Crippen molar-refractivity contribution in [1.29, 1.82) is 0 Å². The van der Waals surface area contributed by atoms with Crippen molar-refractivity contribution in [2.24, 2.45) is 0 Å². The van der Waals surface area contributed by atoms with E-state index in [-0.39, 0.29) is 22.3 Å². The molecule has 1 aromatic heterocycles. The average Bonchev–Trinajstić information content (AvgIpc) is 2.73. The monoisotopic (exact) mass is 439 g/mol. The maximum absolute atomic E-state index is 14.0. The topological polar surface area (TPSA) is 56.1 Å². The lowest BCUT2D eigenvalue weighted by atomic mass is 10.1. The third kappa shape index (κ3) is 3.88. The van der Waals surface area contributed by atoms with Crippen molar-refractivity contribution < 1.29 is 17.2 Å². The maximum atomic E-state index is 14.0. The Balaban J connectivity index is 1.99. The van der Waals surface area contributed by atoms with Crippen molar-refractivity contribution >= 4 is 20.7 Å². The second-order valence-electron chi connectivity index (χ2n) is 7.54. The number of hydrogen-bond donors (Lipinski definition) is 0. The highest BCUT2D eigenvalue weighted by Crippen LogP contribution is 2.24. The molecule has 0 aliphatic rings. The minimum atomic E-state index is -4.17. The van der Waals surface area contributed by atoms with Crippen LogP contribution in [0.2, 0.25) is 0 Å². The van der Waals surface area contributed by atoms with Crippen LogP contribution in [0.25, 0.3) is 10.9 Å². The molecule has 0 aliphatic heterocycles. The molecule has 0 fully saturated rings. The van der Waals surface area contributed by atoms with Gasteiger partial charge in [-0.05, 0) is 37.6 Å². The Kier molecular flexibility index (Phi) is 5.23. The summed E-state index contributed by atoms with van der Waals surface area (Å²) in [6, 6.07) is 15.3. The van der Waals surface area contributed by atoms with E-state index in [1.54, 1.807) is 12.1 Å². The molecule has 3 aromatic carbocycles. The van der Waals surface area contributed by atoms with Gasteiger partial charge < -0.3 is 4.57 Å². The van der Waals surface area contributed by atoms with Gasteiger partial charge in [0, 0.05) is 18.8 Å². The van der Waals surface area contributed by atoms with Gasteiger partial charge in [-0.15, -0.1) is 0 Å². The number of nitrogens with zero attached hydrogens (tertiary/aromatic N) is 1. The van der Waals surface area contributed by atoms with Gasteiger partial charge in [0.1, 0.15) is 4.90 Å². The van der Waals surface area contributed by atoms with Gasteiger partial charge in [-0.25, -0.2) is 17.2 Å². The van der Waals surface area contributed by atoms with E-state index >= 15 is 0 Å². The van der Waals surface area contributed by atoms with Crippen LogP contribution in [-0.2, 0) is 16.4 Å². The number of sulfone groups is 1. The third-order valence-electron chi connectivity index (χ3n) is 5.18. The highest BCUT2D eigenvalue weighted by molar-refractivity contribution is 7.91. The van der Waals surface area contributed by atoms with Crippen LogP contribution in [0.4, 0.5) is 8.78 Å². The first kappa shape index (κ1) is 20.9. The van der Waals surface area contributed by atoms with Crippen molar-refractivity contribution in [2.75, 3.05) is 0 Å². The summed E-state index contributed by atoms with van der Waals surface area (Å²) in [4.78, 5) is 12.5. The van der Waals surface area contributed by atoms with E-state index in [1.807, 2.05) is 38.1 Å². The van der Waals surface area contributed by atoms with Crippen LogP contribution in [0, 0.1) is 25.5 Å². The molecule has 31 heavy (non-hydrogen) atoms. The number of fused-ring (bicyclic) bond motifs is 1. The number of rotatable bonds is 4. The van der Waals surface area contributed by atoms with E-state index < -0.39 is 31.8 Å². The van der Waals surface area contributed by atoms with Gasteiger partial charge in [0.2, 0.25) is 15.3 Å². The van der Waals surface area contributed by atoms with Crippen molar-refractivity contribution in [3.8, 4) is 0 Å². The van der Waals surface area contributed by atoms with Gasteiger partial charge >= 0.3 is 0 Å². The molecule has 4 aromatic rings. The number of aromatic nitrogens is 1. The van der Waals surface area contributed by atoms with Gasteiger partial charge in [0.25, 0.3) is 0 Å². The SMILES string of the molecule is Cc1ccc(Cn2cc(S(=O)(=O)c3ccc(C)cc3)c(=O)c3cc(F)c(F)cc32)cc1. The van der Waals surface area contributed by atoms with Crippen LogP contribution < -0.4 is 5.43 Å². The lowest BCUT2D eigenvalue weighted by Gasteiger charge is -2.15. The van der Waals surface area contributed by atoms with E-state index in [2.05, 4.69) is 0 Å². The van der Waals surface area contributed by atoms with Crippen LogP contribution in [0.15, 0.2) is 81.4 Å². The summed E-state index contributed by atoms with van der Waals surface area (Å²) in [5.41, 5.74) is 1.98. The Bertz CT molecular complexity index is 1460. The highest BCUT2D eigenvalue weighted by atomic mass is 32.2. The molecular formula is C24H19F2NO3S. The summed E-state index contributed by atoms with van der Waals surface area (Å²) >= 11 is 0. The fraction of sp³-hybridized carbons (Fsp3) is 0.125. The zero-order valence-electron chi connectivity index (χ0n) is 16.9. The zero-order valence-corrected chi connectivity index (χ0v) is 17.7. The van der Waals surface area contributed by atoms with E-state index in [9.17, 15) is 22.0 Å². The van der Waals surface area contributed by atoms with Gasteiger partial charge in [-0.2, -0.15) is 0 Å². The first-order valence-electron chi connectivity index (χ1n) is 9.56. The summed E-state index contributed by atoms with van der Waals surface area (Å²) in [5.74, 6) is -2.32. The van der Waals surface area contributed by atoms with Crippen molar-refractivity contribution in [1.82, 2.24) is 4.57 Å². The average molecular weight is 439 g/mol. The van der Waals surface area contributed by atoms with Crippen molar-refractivity contribution in [2.45, 2.75) is 30.2 Å². The fourth-order valence-corrected chi connectivity index (χ4v) is 4.78. The van der Waals surface area contributed by atoms with Gasteiger partial charge in [-0.3, -0.25) is 4.79 Å². The van der Waals surface area contributed by atoms with Crippen LogP contribution in [-0.4, -0.2) is 13.0 Å². The molecule has 4 rings (SSSR count). The van der Waals surface area contributed by atoms with Crippen LogP contribution >= 0.6 is 0 Å². The van der Waals surface area contributed by atoms with E-state index in [4.69, 9.17) is 0 Å². The molecule has 0 radical (unpaired) electrons. The number of aryl methyl sites for hydroxylation is 2. The molecule has 0 bridgehead atoms. The summed E-state index contributed by atoms with van der Waals surface area (Å²) in [5, 5.41) is -0.195. The summed E-state index contributed by atoms with van der Waals surface area (Å²) < 4.78 is 55.9. The molecule has 0 aliphatic carbocycles. The Morgan fingerprint density at radius 3 is 2.00 bits per heavy atom. The van der Waals surface area contributed by atoms with Crippen LogP contribution in [0.5, 0.6) is 0 Å². The Labute approximate surface area is 178 Å². The second kappa shape index (κ2) is 7.74. The van der Waals surface area contributed by atoms with Crippen LogP contribution in [0.3, 0.4) is 0 Å². The number of hydrogen-bond acceptors (Lipinski definition) is 3. The molecule has 0 unspecified atom stereocenters. The molecule has 0 N–H and O–H groups in total. The number of halogens is 2. The van der Waals surface area contributed by atoms with Gasteiger partial charge in [0.15, 0.2) is 11.6 Å². The molecular weight excluding hydrogens is 420 g/mol. The lowest BCUT2D eigenvalue weighted by Crippen LogP contribution is -2.20. The number of benzene rings is 3. The minimum absolute atomic E-state index is 0.0426. The normalized spacial score (nSPS) is 11.7. The largest absolute Gasteiger partial charge is 0.341 e. The van der Waals surface area contributed by atoms with Crippen molar-refractivity contribution in [3.63, 3.8) is 0 Å². The zero-order chi connectivity index (χ0) is 22.3. The fourth-order valence-electron chi connectivity index (χ4n) is 3.42. The Hall–Kier alpha value is -3.32. The summed E-state index contributed by atoms with van der Waals surface area (Å²) in [6.07, 6.45) is 1.21. The van der Waals surface area contributed by atoms with Crippen LogP contribution in [0.1, 0.15) is 16.7 Å². The molecule has 0 saturated heterocycles. The molecule has 0 saturated carbocycles. The minimum Gasteiger partial charge on any atom is -0.341 e. The van der Waals surface area contributed by atoms with E-state index in [1.165, 1.54) is 22.9 Å². The predicted molar refractivity (Wildman–Crippen MR) is 115 cm³/mol.